The Morgan fingerprint density at radius 2 is 2.12 bits per heavy atom. The van der Waals surface area contributed by atoms with Crippen molar-refractivity contribution in [3.63, 3.8) is 0 Å². The zero-order valence-corrected chi connectivity index (χ0v) is 11.2. The first-order valence-electron chi connectivity index (χ1n) is 5.95. The van der Waals surface area contributed by atoms with Crippen LogP contribution in [0.5, 0.6) is 0 Å². The highest BCUT2D eigenvalue weighted by molar-refractivity contribution is 5.97. The van der Waals surface area contributed by atoms with Crippen LogP contribution in [-0.2, 0) is 11.8 Å². The van der Waals surface area contributed by atoms with Gasteiger partial charge in [0.15, 0.2) is 5.78 Å². The van der Waals surface area contributed by atoms with E-state index in [9.17, 15) is 4.79 Å². The number of nitrogens with zero attached hydrogens (tertiary/aromatic N) is 2. The van der Waals surface area contributed by atoms with Crippen molar-refractivity contribution in [1.82, 2.24) is 9.78 Å². The first-order valence-corrected chi connectivity index (χ1v) is 5.95. The van der Waals surface area contributed by atoms with Crippen LogP contribution in [0.3, 0.4) is 0 Å². The van der Waals surface area contributed by atoms with Crippen LogP contribution in [0.25, 0.3) is 0 Å². The van der Waals surface area contributed by atoms with Crippen LogP contribution in [0.4, 0.5) is 0 Å². The van der Waals surface area contributed by atoms with Gasteiger partial charge in [0.1, 0.15) is 5.69 Å². The van der Waals surface area contributed by atoms with E-state index >= 15 is 0 Å². The number of carbonyl (C=O) groups is 1. The van der Waals surface area contributed by atoms with E-state index in [0.29, 0.717) is 5.69 Å². The lowest BCUT2D eigenvalue weighted by atomic mass is 9.83. The number of ether oxygens (including phenoxy) is 1. The van der Waals surface area contributed by atoms with E-state index in [1.54, 1.807) is 16.9 Å². The maximum absolute atomic E-state index is 12.4. The number of hydrogen-bond donors (Lipinski definition) is 0. The summed E-state index contributed by atoms with van der Waals surface area (Å²) in [6.45, 7) is 8.02. The third-order valence-electron chi connectivity index (χ3n) is 3.36. The largest absolute Gasteiger partial charge is 0.369 e. The van der Waals surface area contributed by atoms with Crippen LogP contribution < -0.4 is 0 Å². The molecule has 1 aliphatic heterocycles. The Bertz CT molecular complexity index is 446. The number of aryl methyl sites for hydroxylation is 1. The van der Waals surface area contributed by atoms with Gasteiger partial charge in [-0.05, 0) is 40.2 Å². The average Bonchev–Trinajstić information content (AvgIpc) is 2.66. The fraction of sp³-hybridized carbons (Fsp3) is 0.692. The van der Waals surface area contributed by atoms with Crippen molar-refractivity contribution in [1.29, 1.82) is 0 Å². The minimum Gasteiger partial charge on any atom is -0.369 e. The van der Waals surface area contributed by atoms with Crippen molar-refractivity contribution in [3.8, 4) is 0 Å². The molecule has 1 aromatic heterocycles. The van der Waals surface area contributed by atoms with Crippen molar-refractivity contribution >= 4 is 5.78 Å². The normalized spacial score (nSPS) is 26.1. The van der Waals surface area contributed by atoms with E-state index in [-0.39, 0.29) is 17.3 Å². The summed E-state index contributed by atoms with van der Waals surface area (Å²) in [5, 5.41) is 4.18. The third kappa shape index (κ3) is 2.27. The Labute approximate surface area is 102 Å². The molecule has 0 aliphatic carbocycles. The summed E-state index contributed by atoms with van der Waals surface area (Å²) in [6.07, 6.45) is 2.54. The van der Waals surface area contributed by atoms with Crippen LogP contribution in [0.15, 0.2) is 12.3 Å². The summed E-state index contributed by atoms with van der Waals surface area (Å²) < 4.78 is 7.60. The Morgan fingerprint density at radius 1 is 1.47 bits per heavy atom. The maximum atomic E-state index is 12.4. The molecular weight excluding hydrogens is 216 g/mol. The molecule has 1 aromatic rings. The summed E-state index contributed by atoms with van der Waals surface area (Å²) in [5.41, 5.74) is -0.122. The molecule has 0 amide bonds. The number of hydrogen-bond acceptors (Lipinski definition) is 3. The topological polar surface area (TPSA) is 44.1 Å². The molecule has 1 aliphatic rings. The highest BCUT2D eigenvalue weighted by Crippen LogP contribution is 2.43. The summed E-state index contributed by atoms with van der Waals surface area (Å²) in [6, 6.07) is 1.77. The van der Waals surface area contributed by atoms with Gasteiger partial charge >= 0.3 is 0 Å². The molecule has 2 rings (SSSR count). The van der Waals surface area contributed by atoms with Crippen molar-refractivity contribution < 1.29 is 9.53 Å². The van der Waals surface area contributed by atoms with Crippen LogP contribution in [0.2, 0.25) is 0 Å². The molecule has 2 heterocycles. The number of Topliss-reactive ketones (excluding diaryl/α,β-unsaturated/α-hetero) is 1. The van der Waals surface area contributed by atoms with E-state index in [4.69, 9.17) is 4.74 Å². The second-order valence-corrected chi connectivity index (χ2v) is 5.96. The first kappa shape index (κ1) is 12.3. The lowest BCUT2D eigenvalue weighted by molar-refractivity contribution is -0.0712. The molecule has 0 N–H and O–H groups in total. The molecular formula is C13H20N2O2. The van der Waals surface area contributed by atoms with Crippen molar-refractivity contribution in [2.45, 2.75) is 45.3 Å². The average molecular weight is 236 g/mol. The molecule has 94 valence electrons. The second kappa shape index (κ2) is 3.67. The van der Waals surface area contributed by atoms with Gasteiger partial charge in [-0.25, -0.2) is 0 Å². The quantitative estimate of drug-likeness (QED) is 0.739. The zero-order valence-electron chi connectivity index (χ0n) is 11.2. The Hall–Kier alpha value is -1.16. The van der Waals surface area contributed by atoms with Gasteiger partial charge < -0.3 is 4.74 Å². The molecule has 17 heavy (non-hydrogen) atoms. The number of ketones is 1. The van der Waals surface area contributed by atoms with Gasteiger partial charge in [-0.15, -0.1) is 0 Å². The van der Waals surface area contributed by atoms with E-state index in [0.717, 1.165) is 6.42 Å². The highest BCUT2D eigenvalue weighted by Gasteiger charge is 2.49. The standard InChI is InChI=1S/C13H20N2O2/c1-12(2)8-9(13(3,4)17-12)11(16)10-6-7-15(5)14-10/h6-7,9H,8H2,1-5H3. The first-order chi connectivity index (χ1) is 7.71. The lowest BCUT2D eigenvalue weighted by Crippen LogP contribution is -2.34. The zero-order chi connectivity index (χ0) is 12.8. The fourth-order valence-corrected chi connectivity index (χ4v) is 2.70. The Morgan fingerprint density at radius 3 is 2.53 bits per heavy atom. The van der Waals surface area contributed by atoms with Crippen molar-refractivity contribution in [3.05, 3.63) is 18.0 Å². The summed E-state index contributed by atoms with van der Waals surface area (Å²) in [7, 11) is 1.82. The van der Waals surface area contributed by atoms with E-state index in [1.165, 1.54) is 0 Å². The molecule has 1 fully saturated rings. The SMILES string of the molecule is Cn1ccc(C(=O)C2CC(C)(C)OC2(C)C)n1. The van der Waals surface area contributed by atoms with Gasteiger partial charge in [0.05, 0.1) is 17.1 Å². The summed E-state index contributed by atoms with van der Waals surface area (Å²) in [4.78, 5) is 12.4. The molecule has 0 radical (unpaired) electrons. The van der Waals surface area contributed by atoms with Crippen molar-refractivity contribution in [2.24, 2.45) is 13.0 Å². The fourth-order valence-electron chi connectivity index (χ4n) is 2.70. The van der Waals surface area contributed by atoms with E-state index in [2.05, 4.69) is 5.10 Å². The molecule has 1 atom stereocenters. The molecule has 1 unspecified atom stereocenters. The third-order valence-corrected chi connectivity index (χ3v) is 3.36. The van der Waals surface area contributed by atoms with Crippen LogP contribution >= 0.6 is 0 Å². The van der Waals surface area contributed by atoms with Crippen LogP contribution in [-0.4, -0.2) is 26.8 Å². The Balaban J connectivity index is 2.26. The second-order valence-electron chi connectivity index (χ2n) is 5.96. The van der Waals surface area contributed by atoms with E-state index in [1.807, 2.05) is 34.7 Å². The van der Waals surface area contributed by atoms with Gasteiger partial charge in [0.25, 0.3) is 0 Å². The smallest absolute Gasteiger partial charge is 0.189 e. The highest BCUT2D eigenvalue weighted by atomic mass is 16.5. The summed E-state index contributed by atoms with van der Waals surface area (Å²) >= 11 is 0. The predicted octanol–water partition coefficient (Wildman–Crippen LogP) is 2.20. The molecule has 0 spiro atoms. The lowest BCUT2D eigenvalue weighted by Gasteiger charge is -2.26. The molecule has 4 heteroatoms. The minimum absolute atomic E-state index is 0.0844. The monoisotopic (exact) mass is 236 g/mol. The van der Waals surface area contributed by atoms with Crippen LogP contribution in [0, 0.1) is 5.92 Å². The molecule has 1 saturated heterocycles. The van der Waals surface area contributed by atoms with Gasteiger partial charge in [0.2, 0.25) is 0 Å². The number of rotatable bonds is 2. The molecule has 0 bridgehead atoms. The maximum Gasteiger partial charge on any atom is 0.189 e. The minimum atomic E-state index is -0.419. The van der Waals surface area contributed by atoms with Gasteiger partial charge in [0, 0.05) is 13.2 Å². The van der Waals surface area contributed by atoms with Gasteiger partial charge in [-0.1, -0.05) is 0 Å². The summed E-state index contributed by atoms with van der Waals surface area (Å²) in [5.74, 6) is -0.0337. The molecule has 4 nitrogen and oxygen atoms in total. The van der Waals surface area contributed by atoms with E-state index < -0.39 is 5.60 Å². The number of aromatic nitrogens is 2. The molecule has 0 aromatic carbocycles. The van der Waals surface area contributed by atoms with Gasteiger partial charge in [-0.3, -0.25) is 9.48 Å². The predicted molar refractivity (Wildman–Crippen MR) is 64.9 cm³/mol. The van der Waals surface area contributed by atoms with Crippen LogP contribution in [0.1, 0.15) is 44.6 Å². The van der Waals surface area contributed by atoms with Gasteiger partial charge in [-0.2, -0.15) is 5.10 Å². The van der Waals surface area contributed by atoms with Crippen molar-refractivity contribution in [2.75, 3.05) is 0 Å². The molecule has 0 saturated carbocycles. The number of carbonyl (C=O) groups excluding carboxylic acids is 1. The Kier molecular flexibility index (Phi) is 2.65.